The van der Waals surface area contributed by atoms with Gasteiger partial charge in [0.1, 0.15) is 5.21 Å². The molecule has 0 fully saturated rings. The Morgan fingerprint density at radius 3 is 1.86 bits per heavy atom. The molecule has 7 heavy (non-hydrogen) atoms. The Hall–Kier alpha value is 1.84. The number of hydrogen-bond donors (Lipinski definition) is 1. The van der Waals surface area contributed by atoms with E-state index >= 15 is 0 Å². The van der Waals surface area contributed by atoms with Crippen LogP contribution in [-0.4, -0.2) is 18.2 Å². The van der Waals surface area contributed by atoms with Gasteiger partial charge in [0.2, 0.25) is 0 Å². The third kappa shape index (κ3) is 11.4. The van der Waals surface area contributed by atoms with E-state index in [-0.39, 0.29) is 52.8 Å². The van der Waals surface area contributed by atoms with Crippen molar-refractivity contribution in [2.24, 2.45) is 0 Å². The van der Waals surface area contributed by atoms with Crippen LogP contribution in [0.25, 0.3) is 0 Å². The SMILES string of the molecule is O=S(=O)(O)CCl.[H-].[K+]. The molecular weight excluding hydrogens is 167 g/mol. The van der Waals surface area contributed by atoms with Gasteiger partial charge in [-0.2, -0.15) is 8.42 Å². The molecule has 0 saturated carbocycles. The normalized spacial score (nSPS) is 10.0. The summed E-state index contributed by atoms with van der Waals surface area (Å²) >= 11 is 4.64. The summed E-state index contributed by atoms with van der Waals surface area (Å²) in [5, 5.41) is -0.729. The first-order chi connectivity index (χ1) is 2.56. The summed E-state index contributed by atoms with van der Waals surface area (Å²) in [6, 6.07) is 0. The van der Waals surface area contributed by atoms with Crippen LogP contribution in [0.4, 0.5) is 0 Å². The Labute approximate surface area is 91.1 Å². The Morgan fingerprint density at radius 2 is 1.86 bits per heavy atom. The molecular formula is CH4ClKO3S. The average molecular weight is 171 g/mol. The summed E-state index contributed by atoms with van der Waals surface area (Å²) in [5.74, 6) is 0. The molecule has 1 N–H and O–H groups in total. The van der Waals surface area contributed by atoms with Crippen molar-refractivity contribution >= 4 is 21.7 Å². The predicted molar refractivity (Wildman–Crippen MR) is 23.4 cm³/mol. The maximum atomic E-state index is 9.42. The molecule has 0 unspecified atom stereocenters. The molecule has 0 atom stereocenters. The minimum Gasteiger partial charge on any atom is -1.00 e. The average Bonchev–Trinajstić information content (AvgIpc) is 1.35. The Morgan fingerprint density at radius 1 is 1.71 bits per heavy atom. The van der Waals surface area contributed by atoms with Gasteiger partial charge in [-0.25, -0.2) is 0 Å². The van der Waals surface area contributed by atoms with Crippen LogP contribution < -0.4 is 51.4 Å². The van der Waals surface area contributed by atoms with E-state index in [1.54, 1.807) is 0 Å². The topological polar surface area (TPSA) is 54.4 Å². The van der Waals surface area contributed by atoms with Gasteiger partial charge in [-0.3, -0.25) is 4.55 Å². The molecule has 0 aromatic heterocycles. The molecule has 0 heterocycles. The van der Waals surface area contributed by atoms with Crippen molar-refractivity contribution in [3.63, 3.8) is 0 Å². The Bertz CT molecular complexity index is 121. The van der Waals surface area contributed by atoms with E-state index in [9.17, 15) is 8.42 Å². The first kappa shape index (κ1) is 11.6. The fourth-order valence-electron chi connectivity index (χ4n) is 0. The largest absolute Gasteiger partial charge is 1.00 e. The van der Waals surface area contributed by atoms with Crippen molar-refractivity contribution in [1.29, 1.82) is 0 Å². The standard InChI is InChI=1S/CH3ClO3S.K.H/c2-1-6(3,4)5;;/h1H2,(H,3,4,5);;/q;+1;-1. The summed E-state index contributed by atoms with van der Waals surface area (Å²) in [4.78, 5) is 0. The molecule has 0 bridgehead atoms. The van der Waals surface area contributed by atoms with Gasteiger partial charge in [-0.1, -0.05) is 0 Å². The van der Waals surface area contributed by atoms with E-state index in [1.807, 2.05) is 0 Å². The minimum absolute atomic E-state index is 0. The van der Waals surface area contributed by atoms with Gasteiger partial charge in [-0.05, 0) is 0 Å². The van der Waals surface area contributed by atoms with Gasteiger partial charge in [-0.15, -0.1) is 11.6 Å². The van der Waals surface area contributed by atoms with Crippen molar-refractivity contribution in [2.45, 2.75) is 0 Å². The second-order valence-corrected chi connectivity index (χ2v) is 2.73. The number of alkyl halides is 1. The third-order valence-corrected chi connectivity index (χ3v) is 1.24. The first-order valence-electron chi connectivity index (χ1n) is 1.07. The summed E-state index contributed by atoms with van der Waals surface area (Å²) in [6.45, 7) is 0. The molecule has 0 radical (unpaired) electrons. The zero-order valence-electron chi connectivity index (χ0n) is 4.76. The van der Waals surface area contributed by atoms with Crippen molar-refractivity contribution in [3.05, 3.63) is 0 Å². The second-order valence-electron chi connectivity index (χ2n) is 0.691. The molecule has 3 nitrogen and oxygen atoms in total. The van der Waals surface area contributed by atoms with Crippen LogP contribution in [0.3, 0.4) is 0 Å². The summed E-state index contributed by atoms with van der Waals surface area (Å²) in [6.07, 6.45) is 0. The fraction of sp³-hybridized carbons (Fsp3) is 1.00. The number of rotatable bonds is 1. The minimum atomic E-state index is -3.90. The molecule has 0 aliphatic heterocycles. The molecule has 0 aliphatic rings. The maximum Gasteiger partial charge on any atom is 1.00 e. The van der Waals surface area contributed by atoms with Gasteiger partial charge in [0.25, 0.3) is 10.1 Å². The monoisotopic (exact) mass is 170 g/mol. The molecule has 0 aromatic rings. The molecule has 0 rings (SSSR count). The van der Waals surface area contributed by atoms with E-state index in [0.29, 0.717) is 0 Å². The smallest absolute Gasteiger partial charge is 1.00 e. The van der Waals surface area contributed by atoms with Crippen molar-refractivity contribution in [2.75, 3.05) is 5.21 Å². The van der Waals surface area contributed by atoms with E-state index in [4.69, 9.17) is 4.55 Å². The summed E-state index contributed by atoms with van der Waals surface area (Å²) in [5.41, 5.74) is 0. The first-order valence-corrected chi connectivity index (χ1v) is 3.22. The Balaban J connectivity index is -0.000000125. The van der Waals surface area contributed by atoms with Crippen LogP contribution in [0.2, 0.25) is 0 Å². The van der Waals surface area contributed by atoms with Gasteiger partial charge in [0.15, 0.2) is 0 Å². The van der Waals surface area contributed by atoms with Crippen LogP contribution in [-0.2, 0) is 10.1 Å². The molecule has 40 valence electrons. The van der Waals surface area contributed by atoms with E-state index in [2.05, 4.69) is 11.6 Å². The molecule has 0 saturated heterocycles. The second kappa shape index (κ2) is 4.69. The third-order valence-electron chi connectivity index (χ3n) is 0.138. The zero-order valence-corrected chi connectivity index (χ0v) is 8.45. The summed E-state index contributed by atoms with van der Waals surface area (Å²) in [7, 11) is -3.90. The zero-order chi connectivity index (χ0) is 5.21. The molecule has 0 amide bonds. The molecule has 0 aliphatic carbocycles. The van der Waals surface area contributed by atoms with Crippen molar-refractivity contribution in [3.8, 4) is 0 Å². The van der Waals surface area contributed by atoms with Crippen molar-refractivity contribution < 1.29 is 65.8 Å². The van der Waals surface area contributed by atoms with E-state index in [1.165, 1.54) is 0 Å². The van der Waals surface area contributed by atoms with Crippen LogP contribution in [0.1, 0.15) is 1.43 Å². The molecule has 0 spiro atoms. The quantitative estimate of drug-likeness (QED) is 0.263. The maximum absolute atomic E-state index is 9.42. The van der Waals surface area contributed by atoms with Gasteiger partial charge < -0.3 is 1.43 Å². The van der Waals surface area contributed by atoms with E-state index < -0.39 is 15.3 Å². The van der Waals surface area contributed by atoms with Crippen LogP contribution >= 0.6 is 11.6 Å². The van der Waals surface area contributed by atoms with Crippen molar-refractivity contribution in [1.82, 2.24) is 0 Å². The van der Waals surface area contributed by atoms with E-state index in [0.717, 1.165) is 0 Å². The van der Waals surface area contributed by atoms with Gasteiger partial charge >= 0.3 is 51.4 Å². The molecule has 0 aromatic carbocycles. The van der Waals surface area contributed by atoms with Gasteiger partial charge in [0.05, 0.1) is 0 Å². The predicted octanol–water partition coefficient (Wildman–Crippen LogP) is -2.81. The summed E-state index contributed by atoms with van der Waals surface area (Å²) < 4.78 is 26.5. The van der Waals surface area contributed by atoms with Crippen LogP contribution in [0, 0.1) is 0 Å². The molecule has 6 heteroatoms. The number of halogens is 1. The van der Waals surface area contributed by atoms with Crippen LogP contribution in [0.15, 0.2) is 0 Å². The Kier molecular flexibility index (Phi) is 7.78. The van der Waals surface area contributed by atoms with Gasteiger partial charge in [0, 0.05) is 0 Å². The number of hydrogen-bond acceptors (Lipinski definition) is 2. The fourth-order valence-corrected chi connectivity index (χ4v) is 0. The van der Waals surface area contributed by atoms with Crippen LogP contribution in [0.5, 0.6) is 0 Å².